The number of hydrogen-bond donors (Lipinski definition) is 1. The van der Waals surface area contributed by atoms with Gasteiger partial charge in [0.05, 0.1) is 4.92 Å². The SMILES string of the molecule is CC[C@@H](N)c1ccc(Sc2ccc([N+](=O)[O-])cc2)cc1. The predicted octanol–water partition coefficient (Wildman–Crippen LogP) is 4.16. The molecule has 0 radical (unpaired) electrons. The van der Waals surface area contributed by atoms with E-state index in [0.29, 0.717) is 0 Å². The van der Waals surface area contributed by atoms with Crippen molar-refractivity contribution in [2.24, 2.45) is 5.73 Å². The molecule has 0 aliphatic carbocycles. The van der Waals surface area contributed by atoms with E-state index in [9.17, 15) is 10.1 Å². The Kier molecular flexibility index (Phi) is 4.76. The molecule has 4 nitrogen and oxygen atoms in total. The smallest absolute Gasteiger partial charge is 0.269 e. The molecule has 2 rings (SSSR count). The Bertz CT molecular complexity index is 582. The summed E-state index contributed by atoms with van der Waals surface area (Å²) in [5, 5.41) is 10.6. The lowest BCUT2D eigenvalue weighted by Gasteiger charge is -2.09. The second-order valence-electron chi connectivity index (χ2n) is 4.44. The zero-order chi connectivity index (χ0) is 14.5. The highest BCUT2D eigenvalue weighted by atomic mass is 32.2. The Hall–Kier alpha value is -1.85. The largest absolute Gasteiger partial charge is 0.324 e. The third-order valence-electron chi connectivity index (χ3n) is 3.03. The van der Waals surface area contributed by atoms with Crippen LogP contribution in [0.3, 0.4) is 0 Å². The second kappa shape index (κ2) is 6.54. The Morgan fingerprint density at radius 3 is 2.05 bits per heavy atom. The van der Waals surface area contributed by atoms with Gasteiger partial charge in [-0.3, -0.25) is 10.1 Å². The van der Waals surface area contributed by atoms with Gasteiger partial charge in [-0.05, 0) is 36.2 Å². The van der Waals surface area contributed by atoms with Crippen LogP contribution in [0.5, 0.6) is 0 Å². The number of nitro groups is 1. The lowest BCUT2D eigenvalue weighted by molar-refractivity contribution is -0.384. The van der Waals surface area contributed by atoms with Gasteiger partial charge in [-0.15, -0.1) is 0 Å². The average Bonchev–Trinajstić information content (AvgIpc) is 2.48. The van der Waals surface area contributed by atoms with Crippen molar-refractivity contribution in [1.82, 2.24) is 0 Å². The van der Waals surface area contributed by atoms with E-state index in [-0.39, 0.29) is 11.7 Å². The lowest BCUT2D eigenvalue weighted by Crippen LogP contribution is -2.07. The average molecular weight is 288 g/mol. The molecule has 0 heterocycles. The van der Waals surface area contributed by atoms with Crippen LogP contribution in [0.15, 0.2) is 58.3 Å². The van der Waals surface area contributed by atoms with Gasteiger partial charge >= 0.3 is 0 Å². The first-order valence-corrected chi connectivity index (χ1v) is 7.19. The van der Waals surface area contributed by atoms with Gasteiger partial charge in [0.25, 0.3) is 5.69 Å². The Labute approximate surface area is 122 Å². The zero-order valence-electron chi connectivity index (χ0n) is 11.2. The van der Waals surface area contributed by atoms with Gasteiger partial charge < -0.3 is 5.73 Å². The van der Waals surface area contributed by atoms with Crippen LogP contribution in [0.4, 0.5) is 5.69 Å². The van der Waals surface area contributed by atoms with E-state index in [1.54, 1.807) is 23.9 Å². The van der Waals surface area contributed by atoms with E-state index < -0.39 is 4.92 Å². The van der Waals surface area contributed by atoms with Gasteiger partial charge in [-0.2, -0.15) is 0 Å². The van der Waals surface area contributed by atoms with Crippen LogP contribution in [-0.2, 0) is 0 Å². The van der Waals surface area contributed by atoms with Crippen LogP contribution < -0.4 is 5.73 Å². The molecule has 0 amide bonds. The van der Waals surface area contributed by atoms with Crippen molar-refractivity contribution >= 4 is 17.4 Å². The molecule has 0 unspecified atom stereocenters. The summed E-state index contributed by atoms with van der Waals surface area (Å²) in [6.45, 7) is 2.06. The van der Waals surface area contributed by atoms with E-state index in [1.165, 1.54) is 12.1 Å². The minimum Gasteiger partial charge on any atom is -0.324 e. The molecule has 104 valence electrons. The van der Waals surface area contributed by atoms with Crippen LogP contribution in [-0.4, -0.2) is 4.92 Å². The monoisotopic (exact) mass is 288 g/mol. The van der Waals surface area contributed by atoms with Crippen molar-refractivity contribution in [3.63, 3.8) is 0 Å². The molecule has 2 aromatic rings. The molecule has 2 aromatic carbocycles. The first-order valence-electron chi connectivity index (χ1n) is 6.38. The van der Waals surface area contributed by atoms with Gasteiger partial charge in [0, 0.05) is 28.0 Å². The van der Waals surface area contributed by atoms with Gasteiger partial charge in [-0.1, -0.05) is 30.8 Å². The Morgan fingerprint density at radius 2 is 1.60 bits per heavy atom. The van der Waals surface area contributed by atoms with Crippen molar-refractivity contribution in [2.75, 3.05) is 0 Å². The minimum atomic E-state index is -0.393. The van der Waals surface area contributed by atoms with E-state index in [0.717, 1.165) is 21.8 Å². The molecule has 0 fully saturated rings. The summed E-state index contributed by atoms with van der Waals surface area (Å²) in [5.74, 6) is 0. The summed E-state index contributed by atoms with van der Waals surface area (Å²) in [7, 11) is 0. The summed E-state index contributed by atoms with van der Waals surface area (Å²) < 4.78 is 0. The highest BCUT2D eigenvalue weighted by Gasteiger charge is 2.06. The standard InChI is InChI=1S/C15H16N2O2S/c1-2-15(16)11-3-7-13(8-4-11)20-14-9-5-12(6-10-14)17(18)19/h3-10,15H,2,16H2,1H3/t15-/m1/s1. The fraction of sp³-hybridized carbons (Fsp3) is 0.200. The predicted molar refractivity (Wildman–Crippen MR) is 80.9 cm³/mol. The maximum atomic E-state index is 10.6. The van der Waals surface area contributed by atoms with Crippen LogP contribution in [0.25, 0.3) is 0 Å². The number of nitrogens with zero attached hydrogens (tertiary/aromatic N) is 1. The highest BCUT2D eigenvalue weighted by Crippen LogP contribution is 2.29. The summed E-state index contributed by atoms with van der Waals surface area (Å²) in [5.41, 5.74) is 7.21. The molecular weight excluding hydrogens is 272 g/mol. The molecule has 0 saturated carbocycles. The third-order valence-corrected chi connectivity index (χ3v) is 4.05. The number of nitrogens with two attached hydrogens (primary N) is 1. The van der Waals surface area contributed by atoms with Gasteiger partial charge in [0.1, 0.15) is 0 Å². The lowest BCUT2D eigenvalue weighted by atomic mass is 10.1. The summed E-state index contributed by atoms with van der Waals surface area (Å²) in [4.78, 5) is 12.3. The van der Waals surface area contributed by atoms with E-state index in [4.69, 9.17) is 5.73 Å². The molecule has 20 heavy (non-hydrogen) atoms. The molecule has 0 bridgehead atoms. The molecule has 1 atom stereocenters. The van der Waals surface area contributed by atoms with Crippen LogP contribution in [0.1, 0.15) is 24.9 Å². The van der Waals surface area contributed by atoms with Crippen molar-refractivity contribution in [1.29, 1.82) is 0 Å². The number of hydrogen-bond acceptors (Lipinski definition) is 4. The number of nitro benzene ring substituents is 1. The highest BCUT2D eigenvalue weighted by molar-refractivity contribution is 7.99. The first-order chi connectivity index (χ1) is 9.60. The van der Waals surface area contributed by atoms with E-state index in [2.05, 4.69) is 6.92 Å². The zero-order valence-corrected chi connectivity index (χ0v) is 12.0. The van der Waals surface area contributed by atoms with Gasteiger partial charge in [0.2, 0.25) is 0 Å². The quantitative estimate of drug-likeness (QED) is 0.662. The normalized spacial score (nSPS) is 12.1. The van der Waals surface area contributed by atoms with Crippen molar-refractivity contribution in [3.8, 4) is 0 Å². The number of rotatable bonds is 5. The van der Waals surface area contributed by atoms with Crippen LogP contribution in [0.2, 0.25) is 0 Å². The van der Waals surface area contributed by atoms with Crippen LogP contribution in [0, 0.1) is 10.1 Å². The molecule has 5 heteroatoms. The maximum absolute atomic E-state index is 10.6. The number of non-ortho nitro benzene ring substituents is 1. The number of benzene rings is 2. The minimum absolute atomic E-state index is 0.0772. The molecule has 0 aliphatic rings. The fourth-order valence-electron chi connectivity index (χ4n) is 1.79. The fourth-order valence-corrected chi connectivity index (χ4v) is 2.61. The summed E-state index contributed by atoms with van der Waals surface area (Å²) in [6.07, 6.45) is 0.912. The van der Waals surface area contributed by atoms with E-state index in [1.807, 2.05) is 24.3 Å². The van der Waals surface area contributed by atoms with Crippen molar-refractivity contribution in [3.05, 3.63) is 64.2 Å². The van der Waals surface area contributed by atoms with Crippen molar-refractivity contribution < 1.29 is 4.92 Å². The maximum Gasteiger partial charge on any atom is 0.269 e. The van der Waals surface area contributed by atoms with Crippen LogP contribution >= 0.6 is 11.8 Å². The first kappa shape index (κ1) is 14.6. The van der Waals surface area contributed by atoms with Gasteiger partial charge in [-0.25, -0.2) is 0 Å². The molecule has 0 aromatic heterocycles. The molecule has 0 saturated heterocycles. The second-order valence-corrected chi connectivity index (χ2v) is 5.58. The molecule has 0 aliphatic heterocycles. The molecule has 0 spiro atoms. The Morgan fingerprint density at radius 1 is 1.10 bits per heavy atom. The molecule has 2 N–H and O–H groups in total. The topological polar surface area (TPSA) is 69.2 Å². The van der Waals surface area contributed by atoms with E-state index >= 15 is 0 Å². The van der Waals surface area contributed by atoms with Gasteiger partial charge in [0.15, 0.2) is 0 Å². The molecular formula is C15H16N2O2S. The summed E-state index contributed by atoms with van der Waals surface area (Å²) >= 11 is 1.57. The summed E-state index contributed by atoms with van der Waals surface area (Å²) in [6, 6.07) is 14.7. The third kappa shape index (κ3) is 3.59. The van der Waals surface area contributed by atoms with Crippen molar-refractivity contribution in [2.45, 2.75) is 29.2 Å². The Balaban J connectivity index is 2.08.